The smallest absolute Gasteiger partial charge is 0.234 e. The van der Waals surface area contributed by atoms with Gasteiger partial charge in [-0.1, -0.05) is 24.1 Å². The maximum Gasteiger partial charge on any atom is 0.234 e. The maximum absolute atomic E-state index is 5.97. The maximum atomic E-state index is 5.97. The molecule has 0 bridgehead atoms. The number of hydrogen-bond donors (Lipinski definition) is 1. The number of methoxy groups -OCH3 is 2. The molecule has 6 heteroatoms. The molecule has 2 aromatic rings. The molecule has 0 unspecified atom stereocenters. The standard InChI is InChI=1S/C17H23N3O3/c1-21-13-6-5-12(9-14(13)22-2)10-15-19-16(23-20-15)17(11-18)7-3-4-8-17/h5-6,9H,3-4,7-8,10-11,18H2,1-2H3. The van der Waals surface area contributed by atoms with Crippen LogP contribution >= 0.6 is 0 Å². The minimum atomic E-state index is -0.122. The molecule has 1 saturated carbocycles. The average molecular weight is 317 g/mol. The lowest BCUT2D eigenvalue weighted by Crippen LogP contribution is -2.32. The van der Waals surface area contributed by atoms with Gasteiger partial charge in [-0.05, 0) is 30.5 Å². The Morgan fingerprint density at radius 3 is 2.57 bits per heavy atom. The number of ether oxygens (including phenoxy) is 2. The first-order valence-corrected chi connectivity index (χ1v) is 7.95. The predicted octanol–water partition coefficient (Wildman–Crippen LogP) is 2.45. The summed E-state index contributed by atoms with van der Waals surface area (Å²) in [4.78, 5) is 4.60. The van der Waals surface area contributed by atoms with E-state index in [-0.39, 0.29) is 5.41 Å². The highest BCUT2D eigenvalue weighted by Crippen LogP contribution is 2.39. The Balaban J connectivity index is 1.79. The number of aromatic nitrogens is 2. The van der Waals surface area contributed by atoms with E-state index >= 15 is 0 Å². The molecule has 1 aromatic heterocycles. The molecule has 0 spiro atoms. The third-order valence-corrected chi connectivity index (χ3v) is 4.68. The van der Waals surface area contributed by atoms with E-state index < -0.39 is 0 Å². The number of hydrogen-bond acceptors (Lipinski definition) is 6. The Morgan fingerprint density at radius 1 is 1.17 bits per heavy atom. The summed E-state index contributed by atoms with van der Waals surface area (Å²) in [5, 5.41) is 4.13. The first-order chi connectivity index (χ1) is 11.2. The van der Waals surface area contributed by atoms with Crippen molar-refractivity contribution in [2.24, 2.45) is 5.73 Å². The lowest BCUT2D eigenvalue weighted by molar-refractivity contribution is 0.283. The third-order valence-electron chi connectivity index (χ3n) is 4.68. The van der Waals surface area contributed by atoms with Crippen LogP contribution in [0.25, 0.3) is 0 Å². The lowest BCUT2D eigenvalue weighted by atomic mass is 9.86. The fourth-order valence-electron chi connectivity index (χ4n) is 3.27. The summed E-state index contributed by atoms with van der Waals surface area (Å²) in [6, 6.07) is 5.79. The fraction of sp³-hybridized carbons (Fsp3) is 0.529. The van der Waals surface area contributed by atoms with Crippen molar-refractivity contribution in [1.29, 1.82) is 0 Å². The van der Waals surface area contributed by atoms with Crippen molar-refractivity contribution in [2.45, 2.75) is 37.5 Å². The third kappa shape index (κ3) is 3.03. The topological polar surface area (TPSA) is 83.4 Å². The van der Waals surface area contributed by atoms with Gasteiger partial charge in [-0.15, -0.1) is 0 Å². The van der Waals surface area contributed by atoms with Crippen molar-refractivity contribution in [3.05, 3.63) is 35.5 Å². The molecule has 23 heavy (non-hydrogen) atoms. The van der Waals surface area contributed by atoms with E-state index in [0.29, 0.717) is 36.2 Å². The molecule has 0 atom stereocenters. The minimum Gasteiger partial charge on any atom is -0.493 e. The molecule has 1 fully saturated rings. The molecule has 0 amide bonds. The summed E-state index contributed by atoms with van der Waals surface area (Å²) in [6.07, 6.45) is 4.99. The van der Waals surface area contributed by atoms with Crippen molar-refractivity contribution in [3.63, 3.8) is 0 Å². The molecule has 124 valence electrons. The summed E-state index contributed by atoms with van der Waals surface area (Å²) in [5.41, 5.74) is 6.90. The SMILES string of the molecule is COc1ccc(Cc2noc(C3(CN)CCCC3)n2)cc1OC. The molecular weight excluding hydrogens is 294 g/mol. The van der Waals surface area contributed by atoms with Crippen LogP contribution in [0.15, 0.2) is 22.7 Å². The van der Waals surface area contributed by atoms with Crippen LogP contribution in [0.4, 0.5) is 0 Å². The molecule has 0 aliphatic heterocycles. The van der Waals surface area contributed by atoms with Crippen LogP contribution in [0.1, 0.15) is 43.0 Å². The van der Waals surface area contributed by atoms with Crippen LogP contribution in [-0.4, -0.2) is 30.9 Å². The van der Waals surface area contributed by atoms with Gasteiger partial charge in [0.05, 0.1) is 19.6 Å². The van der Waals surface area contributed by atoms with E-state index in [1.165, 1.54) is 12.8 Å². The second kappa shape index (κ2) is 6.58. The highest BCUT2D eigenvalue weighted by molar-refractivity contribution is 5.43. The van der Waals surface area contributed by atoms with Crippen LogP contribution in [-0.2, 0) is 11.8 Å². The van der Waals surface area contributed by atoms with Gasteiger partial charge in [0.2, 0.25) is 5.89 Å². The number of benzene rings is 1. The normalized spacial score (nSPS) is 16.5. The van der Waals surface area contributed by atoms with Crippen LogP contribution < -0.4 is 15.2 Å². The quantitative estimate of drug-likeness (QED) is 0.881. The van der Waals surface area contributed by atoms with Gasteiger partial charge in [0.15, 0.2) is 17.3 Å². The van der Waals surface area contributed by atoms with E-state index in [4.69, 9.17) is 19.7 Å². The zero-order valence-corrected chi connectivity index (χ0v) is 13.7. The summed E-state index contributed by atoms with van der Waals surface area (Å²) >= 11 is 0. The highest BCUT2D eigenvalue weighted by Gasteiger charge is 2.39. The van der Waals surface area contributed by atoms with Crippen molar-refractivity contribution >= 4 is 0 Å². The zero-order chi connectivity index (χ0) is 16.3. The average Bonchev–Trinajstić information content (AvgIpc) is 3.24. The molecule has 1 aromatic carbocycles. The number of rotatable bonds is 6. The van der Waals surface area contributed by atoms with Gasteiger partial charge in [-0.2, -0.15) is 4.98 Å². The highest BCUT2D eigenvalue weighted by atomic mass is 16.5. The predicted molar refractivity (Wildman–Crippen MR) is 85.9 cm³/mol. The van der Waals surface area contributed by atoms with Crippen LogP contribution in [0.5, 0.6) is 11.5 Å². The molecular formula is C17H23N3O3. The van der Waals surface area contributed by atoms with E-state index in [9.17, 15) is 0 Å². The molecule has 1 aliphatic carbocycles. The molecule has 0 saturated heterocycles. The second-order valence-corrected chi connectivity index (χ2v) is 6.07. The van der Waals surface area contributed by atoms with E-state index in [0.717, 1.165) is 18.4 Å². The van der Waals surface area contributed by atoms with E-state index in [1.807, 2.05) is 18.2 Å². The molecule has 6 nitrogen and oxygen atoms in total. The van der Waals surface area contributed by atoms with Crippen LogP contribution in [0.3, 0.4) is 0 Å². The second-order valence-electron chi connectivity index (χ2n) is 6.07. The number of nitrogens with two attached hydrogens (primary N) is 1. The minimum absolute atomic E-state index is 0.122. The zero-order valence-electron chi connectivity index (χ0n) is 13.7. The molecule has 1 aliphatic rings. The van der Waals surface area contributed by atoms with Crippen molar-refractivity contribution in [2.75, 3.05) is 20.8 Å². The van der Waals surface area contributed by atoms with Crippen LogP contribution in [0, 0.1) is 0 Å². The van der Waals surface area contributed by atoms with Gasteiger partial charge in [-0.3, -0.25) is 0 Å². The van der Waals surface area contributed by atoms with E-state index in [2.05, 4.69) is 10.1 Å². The summed E-state index contributed by atoms with van der Waals surface area (Å²) in [5.74, 6) is 2.76. The Hall–Kier alpha value is -2.08. The monoisotopic (exact) mass is 317 g/mol. The van der Waals surface area contributed by atoms with Gasteiger partial charge in [0, 0.05) is 13.0 Å². The Labute approximate surface area is 136 Å². The molecule has 3 rings (SSSR count). The Morgan fingerprint density at radius 2 is 1.91 bits per heavy atom. The van der Waals surface area contributed by atoms with Crippen LogP contribution in [0.2, 0.25) is 0 Å². The molecule has 0 radical (unpaired) electrons. The summed E-state index contributed by atoms with van der Waals surface area (Å²) in [7, 11) is 3.25. The van der Waals surface area contributed by atoms with Crippen molar-refractivity contribution in [1.82, 2.24) is 10.1 Å². The first kappa shape index (κ1) is 15.8. The number of nitrogens with zero attached hydrogens (tertiary/aromatic N) is 2. The first-order valence-electron chi connectivity index (χ1n) is 7.95. The largest absolute Gasteiger partial charge is 0.493 e. The van der Waals surface area contributed by atoms with E-state index in [1.54, 1.807) is 14.2 Å². The Bertz CT molecular complexity index is 663. The lowest BCUT2D eigenvalue weighted by Gasteiger charge is -2.21. The van der Waals surface area contributed by atoms with Gasteiger partial charge in [0.25, 0.3) is 0 Å². The molecule has 1 heterocycles. The fourth-order valence-corrected chi connectivity index (χ4v) is 3.27. The summed E-state index contributed by atoms with van der Waals surface area (Å²) < 4.78 is 16.1. The molecule has 2 N–H and O–H groups in total. The van der Waals surface area contributed by atoms with Gasteiger partial charge in [0.1, 0.15) is 0 Å². The van der Waals surface area contributed by atoms with Gasteiger partial charge >= 0.3 is 0 Å². The summed E-state index contributed by atoms with van der Waals surface area (Å²) in [6.45, 7) is 0.561. The van der Waals surface area contributed by atoms with Gasteiger partial charge < -0.3 is 19.7 Å². The van der Waals surface area contributed by atoms with Crippen molar-refractivity contribution < 1.29 is 14.0 Å². The van der Waals surface area contributed by atoms with Gasteiger partial charge in [-0.25, -0.2) is 0 Å². The van der Waals surface area contributed by atoms with Crippen molar-refractivity contribution in [3.8, 4) is 11.5 Å². The Kier molecular flexibility index (Phi) is 4.52.